The molecule has 0 spiro atoms. The van der Waals surface area contributed by atoms with Crippen LogP contribution in [0.4, 0.5) is 5.13 Å². The molecule has 7 heteroatoms. The van der Waals surface area contributed by atoms with Crippen LogP contribution in [0, 0.1) is 0 Å². The standard InChI is InChI=1S/C22H24N4O2S/c23-22-24-15-20(29-22)21(27)26-13-11-25(12-14-26)19(17-7-3-1-4-8-17)16-28-18-9-5-2-6-10-18/h1-10,15,19H,11-14,16H2,(H2,23,24). The smallest absolute Gasteiger partial charge is 0.265 e. The zero-order valence-corrected chi connectivity index (χ0v) is 16.9. The molecule has 3 aromatic rings. The van der Waals surface area contributed by atoms with Gasteiger partial charge in [0, 0.05) is 26.2 Å². The van der Waals surface area contributed by atoms with Crippen molar-refractivity contribution in [3.63, 3.8) is 0 Å². The van der Waals surface area contributed by atoms with E-state index in [4.69, 9.17) is 10.5 Å². The van der Waals surface area contributed by atoms with E-state index in [1.54, 1.807) is 6.20 Å². The number of carbonyl (C=O) groups is 1. The lowest BCUT2D eigenvalue weighted by Crippen LogP contribution is -2.50. The average molecular weight is 409 g/mol. The number of ether oxygens (including phenoxy) is 1. The first-order valence-corrected chi connectivity index (χ1v) is 10.5. The van der Waals surface area contributed by atoms with E-state index >= 15 is 0 Å². The molecule has 0 saturated carbocycles. The lowest BCUT2D eigenvalue weighted by Gasteiger charge is -2.39. The van der Waals surface area contributed by atoms with Crippen molar-refractivity contribution < 1.29 is 9.53 Å². The van der Waals surface area contributed by atoms with Crippen LogP contribution in [0.15, 0.2) is 66.9 Å². The van der Waals surface area contributed by atoms with E-state index < -0.39 is 0 Å². The molecule has 1 atom stereocenters. The molecule has 1 unspecified atom stereocenters. The van der Waals surface area contributed by atoms with E-state index in [2.05, 4.69) is 34.1 Å². The Labute approximate surface area is 174 Å². The van der Waals surface area contributed by atoms with Gasteiger partial charge >= 0.3 is 0 Å². The van der Waals surface area contributed by atoms with Gasteiger partial charge in [0.25, 0.3) is 5.91 Å². The van der Waals surface area contributed by atoms with Crippen molar-refractivity contribution >= 4 is 22.4 Å². The van der Waals surface area contributed by atoms with Crippen LogP contribution in [0.5, 0.6) is 5.75 Å². The number of hydrogen-bond acceptors (Lipinski definition) is 6. The minimum Gasteiger partial charge on any atom is -0.492 e. The minimum atomic E-state index is 0.00986. The number of nitrogens with zero attached hydrogens (tertiary/aromatic N) is 3. The Bertz CT molecular complexity index is 924. The molecule has 1 aliphatic heterocycles. The maximum Gasteiger partial charge on any atom is 0.265 e. The third-order valence-corrected chi connectivity index (χ3v) is 5.93. The summed E-state index contributed by atoms with van der Waals surface area (Å²) in [7, 11) is 0. The summed E-state index contributed by atoms with van der Waals surface area (Å²) in [4.78, 5) is 21.5. The number of anilines is 1. The normalized spacial score (nSPS) is 15.8. The SMILES string of the molecule is Nc1ncc(C(=O)N2CCN(C(COc3ccccc3)c3ccccc3)CC2)s1. The van der Waals surface area contributed by atoms with Crippen LogP contribution in [0.25, 0.3) is 0 Å². The molecule has 0 aliphatic carbocycles. The van der Waals surface area contributed by atoms with Gasteiger partial charge < -0.3 is 15.4 Å². The average Bonchev–Trinajstić information content (AvgIpc) is 3.22. The molecule has 4 rings (SSSR count). The maximum absolute atomic E-state index is 12.7. The number of para-hydroxylation sites is 1. The molecule has 1 fully saturated rings. The van der Waals surface area contributed by atoms with Crippen molar-refractivity contribution in [1.29, 1.82) is 0 Å². The van der Waals surface area contributed by atoms with E-state index in [-0.39, 0.29) is 11.9 Å². The molecule has 6 nitrogen and oxygen atoms in total. The second-order valence-corrected chi connectivity index (χ2v) is 8.00. The number of nitrogens with two attached hydrogens (primary N) is 1. The summed E-state index contributed by atoms with van der Waals surface area (Å²) in [6.07, 6.45) is 1.56. The molecular formula is C22H24N4O2S. The molecule has 150 valence electrons. The second kappa shape index (κ2) is 9.07. The summed E-state index contributed by atoms with van der Waals surface area (Å²) >= 11 is 1.24. The van der Waals surface area contributed by atoms with Crippen molar-refractivity contribution in [2.75, 3.05) is 38.5 Å². The number of amides is 1. The highest BCUT2D eigenvalue weighted by molar-refractivity contribution is 7.17. The van der Waals surface area contributed by atoms with Gasteiger partial charge in [0.2, 0.25) is 0 Å². The Morgan fingerprint density at radius 1 is 1.03 bits per heavy atom. The Morgan fingerprint density at radius 3 is 2.31 bits per heavy atom. The summed E-state index contributed by atoms with van der Waals surface area (Å²) in [5, 5.41) is 0.425. The lowest BCUT2D eigenvalue weighted by molar-refractivity contribution is 0.0503. The highest BCUT2D eigenvalue weighted by atomic mass is 32.1. The first kappa shape index (κ1) is 19.4. The third kappa shape index (κ3) is 4.75. The van der Waals surface area contributed by atoms with Gasteiger partial charge in [0.1, 0.15) is 17.2 Å². The topological polar surface area (TPSA) is 71.7 Å². The Kier molecular flexibility index (Phi) is 6.07. The molecular weight excluding hydrogens is 384 g/mol. The van der Waals surface area contributed by atoms with Crippen LogP contribution in [-0.2, 0) is 0 Å². The second-order valence-electron chi connectivity index (χ2n) is 6.94. The predicted octanol–water partition coefficient (Wildman–Crippen LogP) is 3.30. The number of carbonyl (C=O) groups excluding carboxylic acids is 1. The van der Waals surface area contributed by atoms with Crippen molar-refractivity contribution in [1.82, 2.24) is 14.8 Å². The van der Waals surface area contributed by atoms with Gasteiger partial charge in [-0.2, -0.15) is 0 Å². The number of piperazine rings is 1. The summed E-state index contributed by atoms with van der Waals surface area (Å²) in [5.41, 5.74) is 6.89. The number of hydrogen-bond donors (Lipinski definition) is 1. The van der Waals surface area contributed by atoms with Crippen molar-refractivity contribution in [3.8, 4) is 5.75 Å². The highest BCUT2D eigenvalue weighted by Gasteiger charge is 2.28. The van der Waals surface area contributed by atoms with Crippen LogP contribution in [0.2, 0.25) is 0 Å². The number of thiazole rings is 1. The van der Waals surface area contributed by atoms with E-state index in [1.165, 1.54) is 16.9 Å². The van der Waals surface area contributed by atoms with Crippen LogP contribution < -0.4 is 10.5 Å². The summed E-state index contributed by atoms with van der Waals surface area (Å²) < 4.78 is 6.08. The van der Waals surface area contributed by atoms with Crippen molar-refractivity contribution in [3.05, 3.63) is 77.3 Å². The van der Waals surface area contributed by atoms with E-state index in [0.717, 1.165) is 18.8 Å². The summed E-state index contributed by atoms with van der Waals surface area (Å²) in [5.74, 6) is 0.876. The first-order chi connectivity index (χ1) is 14.2. The van der Waals surface area contributed by atoms with E-state index in [0.29, 0.717) is 29.7 Å². The molecule has 1 aliphatic rings. The number of benzene rings is 2. The minimum absolute atomic E-state index is 0.00986. The lowest BCUT2D eigenvalue weighted by atomic mass is 10.0. The Morgan fingerprint density at radius 2 is 1.69 bits per heavy atom. The summed E-state index contributed by atoms with van der Waals surface area (Å²) in [6, 6.07) is 20.4. The van der Waals surface area contributed by atoms with Crippen LogP contribution >= 0.6 is 11.3 Å². The molecule has 1 amide bonds. The monoisotopic (exact) mass is 408 g/mol. The van der Waals surface area contributed by atoms with E-state index in [1.807, 2.05) is 41.3 Å². The third-order valence-electron chi connectivity index (χ3n) is 5.11. The fourth-order valence-electron chi connectivity index (χ4n) is 3.56. The fraction of sp³-hybridized carbons (Fsp3) is 0.273. The molecule has 1 saturated heterocycles. The van der Waals surface area contributed by atoms with Gasteiger partial charge in [-0.05, 0) is 17.7 Å². The molecule has 29 heavy (non-hydrogen) atoms. The quantitative estimate of drug-likeness (QED) is 0.678. The molecule has 0 radical (unpaired) electrons. The van der Waals surface area contributed by atoms with Crippen molar-refractivity contribution in [2.24, 2.45) is 0 Å². The maximum atomic E-state index is 12.7. The Balaban J connectivity index is 1.42. The molecule has 0 bridgehead atoms. The van der Waals surface area contributed by atoms with E-state index in [9.17, 15) is 4.79 Å². The fourth-order valence-corrected chi connectivity index (χ4v) is 4.21. The number of aromatic nitrogens is 1. The van der Waals surface area contributed by atoms with Gasteiger partial charge in [-0.3, -0.25) is 9.69 Å². The van der Waals surface area contributed by atoms with Crippen LogP contribution in [0.1, 0.15) is 21.3 Å². The largest absolute Gasteiger partial charge is 0.492 e. The van der Waals surface area contributed by atoms with Crippen molar-refractivity contribution in [2.45, 2.75) is 6.04 Å². The van der Waals surface area contributed by atoms with Gasteiger partial charge in [-0.1, -0.05) is 59.9 Å². The van der Waals surface area contributed by atoms with Gasteiger partial charge in [0.05, 0.1) is 12.2 Å². The molecule has 2 heterocycles. The van der Waals surface area contributed by atoms with Gasteiger partial charge in [0.15, 0.2) is 5.13 Å². The number of nitrogen functional groups attached to an aromatic ring is 1. The first-order valence-electron chi connectivity index (χ1n) is 9.68. The Hall–Kier alpha value is -2.90. The van der Waals surface area contributed by atoms with Gasteiger partial charge in [-0.25, -0.2) is 4.98 Å². The molecule has 1 aromatic heterocycles. The highest BCUT2D eigenvalue weighted by Crippen LogP contribution is 2.25. The predicted molar refractivity (Wildman–Crippen MR) is 115 cm³/mol. The molecule has 2 N–H and O–H groups in total. The van der Waals surface area contributed by atoms with Crippen LogP contribution in [-0.4, -0.2) is 53.5 Å². The molecule has 2 aromatic carbocycles. The van der Waals surface area contributed by atoms with Gasteiger partial charge in [-0.15, -0.1) is 0 Å². The zero-order chi connectivity index (χ0) is 20.1. The number of rotatable bonds is 6. The summed E-state index contributed by atoms with van der Waals surface area (Å²) in [6.45, 7) is 3.49. The zero-order valence-electron chi connectivity index (χ0n) is 16.1. The van der Waals surface area contributed by atoms with Crippen LogP contribution in [0.3, 0.4) is 0 Å².